The Kier molecular flexibility index (Phi) is 4.01. The van der Waals surface area contributed by atoms with Gasteiger partial charge in [-0.3, -0.25) is 4.79 Å². The van der Waals surface area contributed by atoms with E-state index in [9.17, 15) is 4.79 Å². The molecule has 3 nitrogen and oxygen atoms in total. The van der Waals surface area contributed by atoms with Gasteiger partial charge in [-0.1, -0.05) is 41.4 Å². The van der Waals surface area contributed by atoms with Crippen molar-refractivity contribution < 1.29 is 4.79 Å². The fourth-order valence-corrected chi connectivity index (χ4v) is 2.54. The van der Waals surface area contributed by atoms with Crippen LogP contribution in [0.5, 0.6) is 0 Å². The number of aromatic nitrogens is 2. The Morgan fingerprint density at radius 2 is 1.91 bits per heavy atom. The van der Waals surface area contributed by atoms with E-state index in [1.165, 1.54) is 0 Å². The monoisotopic (exact) mass is 330 g/mol. The van der Waals surface area contributed by atoms with Crippen molar-refractivity contribution in [3.63, 3.8) is 0 Å². The molecule has 1 heterocycles. The SMILES string of the molecule is Cc1cccc(-n2cc(C=O)c(-c3ccc(Cl)c(Cl)c3)n2)c1. The fraction of sp³-hybridized carbons (Fsp3) is 0.0588. The number of aldehydes is 1. The van der Waals surface area contributed by atoms with E-state index in [4.69, 9.17) is 23.2 Å². The first kappa shape index (κ1) is 14.8. The van der Waals surface area contributed by atoms with Gasteiger partial charge in [-0.2, -0.15) is 5.10 Å². The minimum Gasteiger partial charge on any atom is -0.298 e. The molecule has 1 aromatic heterocycles. The Balaban J connectivity index is 2.12. The maximum atomic E-state index is 11.4. The first-order valence-electron chi connectivity index (χ1n) is 6.66. The van der Waals surface area contributed by atoms with Gasteiger partial charge in [-0.25, -0.2) is 4.68 Å². The normalized spacial score (nSPS) is 10.7. The number of rotatable bonds is 3. The molecule has 22 heavy (non-hydrogen) atoms. The number of hydrogen-bond donors (Lipinski definition) is 0. The zero-order chi connectivity index (χ0) is 15.7. The molecule has 0 bridgehead atoms. The molecule has 0 radical (unpaired) electrons. The summed E-state index contributed by atoms with van der Waals surface area (Å²) >= 11 is 12.0. The molecule has 2 aromatic carbocycles. The van der Waals surface area contributed by atoms with Crippen molar-refractivity contribution in [3.05, 3.63) is 69.8 Å². The Labute approximate surface area is 138 Å². The molecule has 5 heteroatoms. The molecule has 0 atom stereocenters. The van der Waals surface area contributed by atoms with Gasteiger partial charge in [-0.15, -0.1) is 0 Å². The molecule has 3 aromatic rings. The first-order chi connectivity index (χ1) is 10.6. The topological polar surface area (TPSA) is 34.9 Å². The van der Waals surface area contributed by atoms with Crippen LogP contribution in [-0.2, 0) is 0 Å². The summed E-state index contributed by atoms with van der Waals surface area (Å²) in [6, 6.07) is 13.1. The predicted octanol–water partition coefficient (Wildman–Crippen LogP) is 4.97. The Morgan fingerprint density at radius 3 is 2.59 bits per heavy atom. The van der Waals surface area contributed by atoms with E-state index < -0.39 is 0 Å². The van der Waals surface area contributed by atoms with Crippen LogP contribution < -0.4 is 0 Å². The lowest BCUT2D eigenvalue weighted by molar-refractivity contribution is 0.112. The summed E-state index contributed by atoms with van der Waals surface area (Å²) < 4.78 is 1.69. The van der Waals surface area contributed by atoms with Gasteiger partial charge in [0, 0.05) is 11.8 Å². The molecule has 0 N–H and O–H groups in total. The van der Waals surface area contributed by atoms with Crippen LogP contribution in [-0.4, -0.2) is 16.1 Å². The van der Waals surface area contributed by atoms with E-state index >= 15 is 0 Å². The van der Waals surface area contributed by atoms with Crippen LogP contribution >= 0.6 is 23.2 Å². The van der Waals surface area contributed by atoms with Gasteiger partial charge in [0.25, 0.3) is 0 Å². The van der Waals surface area contributed by atoms with Crippen molar-refractivity contribution >= 4 is 29.5 Å². The highest BCUT2D eigenvalue weighted by molar-refractivity contribution is 6.42. The lowest BCUT2D eigenvalue weighted by Crippen LogP contribution is -1.95. The lowest BCUT2D eigenvalue weighted by atomic mass is 10.1. The minimum absolute atomic E-state index is 0.432. The summed E-state index contributed by atoms with van der Waals surface area (Å²) in [5.41, 5.74) is 3.85. The number of aryl methyl sites for hydroxylation is 1. The van der Waals surface area contributed by atoms with E-state index in [-0.39, 0.29) is 0 Å². The highest BCUT2D eigenvalue weighted by Gasteiger charge is 2.13. The second kappa shape index (κ2) is 5.95. The highest BCUT2D eigenvalue weighted by Crippen LogP contribution is 2.29. The van der Waals surface area contributed by atoms with Crippen LogP contribution in [0, 0.1) is 6.92 Å². The average molecular weight is 331 g/mol. The van der Waals surface area contributed by atoms with Crippen LogP contribution in [0.4, 0.5) is 0 Å². The van der Waals surface area contributed by atoms with Gasteiger partial charge in [0.2, 0.25) is 0 Å². The maximum Gasteiger partial charge on any atom is 0.153 e. The average Bonchev–Trinajstić information content (AvgIpc) is 2.94. The van der Waals surface area contributed by atoms with Gasteiger partial charge in [0.15, 0.2) is 6.29 Å². The summed E-state index contributed by atoms with van der Waals surface area (Å²) in [6.07, 6.45) is 2.50. The molecule has 0 fully saturated rings. The lowest BCUT2D eigenvalue weighted by Gasteiger charge is -2.03. The molecule has 110 valence electrons. The van der Waals surface area contributed by atoms with E-state index in [2.05, 4.69) is 5.10 Å². The summed E-state index contributed by atoms with van der Waals surface area (Å²) in [6.45, 7) is 2.01. The Morgan fingerprint density at radius 1 is 1.09 bits per heavy atom. The van der Waals surface area contributed by atoms with Gasteiger partial charge in [-0.05, 0) is 36.8 Å². The van der Waals surface area contributed by atoms with Gasteiger partial charge < -0.3 is 0 Å². The third-order valence-corrected chi connectivity index (χ3v) is 4.07. The third-order valence-electron chi connectivity index (χ3n) is 3.33. The predicted molar refractivity (Wildman–Crippen MR) is 89.1 cm³/mol. The number of carbonyl (C=O) groups excluding carboxylic acids is 1. The number of nitrogens with zero attached hydrogens (tertiary/aromatic N) is 2. The third kappa shape index (κ3) is 2.78. The maximum absolute atomic E-state index is 11.4. The molecule has 0 aliphatic rings. The van der Waals surface area contributed by atoms with E-state index in [0.717, 1.165) is 23.1 Å². The van der Waals surface area contributed by atoms with Crippen molar-refractivity contribution in [2.45, 2.75) is 6.92 Å². The largest absolute Gasteiger partial charge is 0.298 e. The minimum atomic E-state index is 0.432. The van der Waals surface area contributed by atoms with Crippen LogP contribution in [0.3, 0.4) is 0 Å². The van der Waals surface area contributed by atoms with E-state index in [1.807, 2.05) is 31.2 Å². The summed E-state index contributed by atoms with van der Waals surface area (Å²) in [5.74, 6) is 0. The second-order valence-corrected chi connectivity index (χ2v) is 5.78. The van der Waals surface area contributed by atoms with Crippen molar-refractivity contribution in [1.29, 1.82) is 0 Å². The van der Waals surface area contributed by atoms with Crippen LogP contribution in [0.25, 0.3) is 16.9 Å². The highest BCUT2D eigenvalue weighted by atomic mass is 35.5. The summed E-state index contributed by atoms with van der Waals surface area (Å²) in [7, 11) is 0. The number of hydrogen-bond acceptors (Lipinski definition) is 2. The van der Waals surface area contributed by atoms with E-state index in [0.29, 0.717) is 21.3 Å². The van der Waals surface area contributed by atoms with Crippen LogP contribution in [0.15, 0.2) is 48.7 Å². The number of benzene rings is 2. The molecule has 0 unspecified atom stereocenters. The molecular formula is C17H12Cl2N2O. The van der Waals surface area contributed by atoms with Crippen molar-refractivity contribution in [2.24, 2.45) is 0 Å². The van der Waals surface area contributed by atoms with Crippen molar-refractivity contribution in [3.8, 4) is 16.9 Å². The molecule has 0 amide bonds. The number of carbonyl (C=O) groups is 1. The molecule has 0 saturated carbocycles. The summed E-state index contributed by atoms with van der Waals surface area (Å²) in [5, 5.41) is 5.42. The first-order valence-corrected chi connectivity index (χ1v) is 7.41. The van der Waals surface area contributed by atoms with Crippen molar-refractivity contribution in [1.82, 2.24) is 9.78 Å². The Hall–Kier alpha value is -2.10. The van der Waals surface area contributed by atoms with E-state index in [1.54, 1.807) is 29.1 Å². The van der Waals surface area contributed by atoms with Gasteiger partial charge in [0.1, 0.15) is 5.69 Å². The smallest absolute Gasteiger partial charge is 0.153 e. The molecule has 3 rings (SSSR count). The molecular weight excluding hydrogens is 319 g/mol. The molecule has 0 aliphatic heterocycles. The Bertz CT molecular complexity index is 856. The second-order valence-electron chi connectivity index (χ2n) is 4.96. The van der Waals surface area contributed by atoms with Crippen LogP contribution in [0.2, 0.25) is 10.0 Å². The van der Waals surface area contributed by atoms with Gasteiger partial charge in [0.05, 0.1) is 21.3 Å². The zero-order valence-electron chi connectivity index (χ0n) is 11.8. The molecule has 0 aliphatic carbocycles. The summed E-state index contributed by atoms with van der Waals surface area (Å²) in [4.78, 5) is 11.4. The fourth-order valence-electron chi connectivity index (χ4n) is 2.24. The zero-order valence-corrected chi connectivity index (χ0v) is 13.3. The molecule has 0 spiro atoms. The number of halogens is 2. The molecule has 0 saturated heterocycles. The quantitative estimate of drug-likeness (QED) is 0.635. The van der Waals surface area contributed by atoms with Gasteiger partial charge >= 0.3 is 0 Å². The van der Waals surface area contributed by atoms with Crippen molar-refractivity contribution in [2.75, 3.05) is 0 Å². The van der Waals surface area contributed by atoms with Crippen LogP contribution in [0.1, 0.15) is 15.9 Å². The standard InChI is InChI=1S/C17H12Cl2N2O/c1-11-3-2-4-14(7-11)21-9-13(10-22)17(20-21)12-5-6-15(18)16(19)8-12/h2-10H,1H3.